The van der Waals surface area contributed by atoms with Crippen LogP contribution in [-0.2, 0) is 16.2 Å². The van der Waals surface area contributed by atoms with Gasteiger partial charge in [-0.15, -0.1) is 5.10 Å². The molecule has 1 amide bonds. The lowest BCUT2D eigenvalue weighted by molar-refractivity contribution is -0.156. The van der Waals surface area contributed by atoms with E-state index in [0.717, 1.165) is 4.31 Å². The van der Waals surface area contributed by atoms with Gasteiger partial charge in [-0.05, 0) is 24.3 Å². The third kappa shape index (κ3) is 3.71. The highest BCUT2D eigenvalue weighted by atomic mass is 32.2. The third-order valence-corrected chi connectivity index (χ3v) is 4.61. The molecule has 2 aromatic rings. The summed E-state index contributed by atoms with van der Waals surface area (Å²) in [6.07, 6.45) is -4.82. The number of anilines is 1. The molecule has 1 aromatic carbocycles. The molecule has 1 aromatic heterocycles. The standard InChI is InChI=1S/C12H11F3N4O4S/c1-19(2)24(21,22)8-5-3-7(4-6-8)9(20)16-11-18-17-10(23-11)12(13,14)15/h3-6H,1-2H3,(H,16,18,20). The van der Waals surface area contributed by atoms with Crippen molar-refractivity contribution in [3.8, 4) is 0 Å². The van der Waals surface area contributed by atoms with Crippen molar-refractivity contribution >= 4 is 21.9 Å². The minimum absolute atomic E-state index is 0.000496. The number of carbonyl (C=O) groups excluding carboxylic acids is 1. The first-order chi connectivity index (χ1) is 11.0. The Kier molecular flexibility index (Phi) is 4.62. The number of nitrogens with one attached hydrogen (secondary N) is 1. The van der Waals surface area contributed by atoms with Crippen molar-refractivity contribution in [3.05, 3.63) is 35.7 Å². The number of sulfonamides is 1. The van der Waals surface area contributed by atoms with Gasteiger partial charge in [0.15, 0.2) is 0 Å². The highest BCUT2D eigenvalue weighted by Gasteiger charge is 2.38. The summed E-state index contributed by atoms with van der Waals surface area (Å²) in [4.78, 5) is 11.8. The fourth-order valence-electron chi connectivity index (χ4n) is 1.55. The summed E-state index contributed by atoms with van der Waals surface area (Å²) in [5.41, 5.74) is -0.000496. The van der Waals surface area contributed by atoms with Gasteiger partial charge in [-0.1, -0.05) is 5.10 Å². The van der Waals surface area contributed by atoms with Crippen LogP contribution < -0.4 is 5.32 Å². The van der Waals surface area contributed by atoms with Crippen LogP contribution >= 0.6 is 0 Å². The molecular weight excluding hydrogens is 353 g/mol. The Morgan fingerprint density at radius 1 is 1.17 bits per heavy atom. The number of rotatable bonds is 4. The molecule has 0 spiro atoms. The molecule has 0 atom stereocenters. The largest absolute Gasteiger partial charge is 0.470 e. The molecule has 12 heteroatoms. The maximum absolute atomic E-state index is 12.3. The summed E-state index contributed by atoms with van der Waals surface area (Å²) < 4.78 is 66.0. The molecule has 0 fully saturated rings. The van der Waals surface area contributed by atoms with E-state index in [1.165, 1.54) is 38.4 Å². The molecular formula is C12H11F3N4O4S. The van der Waals surface area contributed by atoms with E-state index in [4.69, 9.17) is 0 Å². The number of halogens is 3. The minimum Gasteiger partial charge on any atom is -0.399 e. The average molecular weight is 364 g/mol. The summed E-state index contributed by atoms with van der Waals surface area (Å²) in [5, 5.41) is 7.81. The Balaban J connectivity index is 2.15. The van der Waals surface area contributed by atoms with Crippen LogP contribution in [0.5, 0.6) is 0 Å². The molecule has 8 nitrogen and oxygen atoms in total. The number of alkyl halides is 3. The van der Waals surface area contributed by atoms with Crippen LogP contribution in [0.25, 0.3) is 0 Å². The van der Waals surface area contributed by atoms with Crippen molar-refractivity contribution < 1.29 is 30.8 Å². The maximum atomic E-state index is 12.3. The van der Waals surface area contributed by atoms with Crippen LogP contribution in [0, 0.1) is 0 Å². The van der Waals surface area contributed by atoms with Crippen molar-refractivity contribution in [2.45, 2.75) is 11.1 Å². The first-order valence-electron chi connectivity index (χ1n) is 6.26. The molecule has 0 unspecified atom stereocenters. The Bertz CT molecular complexity index is 844. The molecule has 1 N–H and O–H groups in total. The first kappa shape index (κ1) is 17.9. The lowest BCUT2D eigenvalue weighted by Crippen LogP contribution is -2.22. The quantitative estimate of drug-likeness (QED) is 0.883. The van der Waals surface area contributed by atoms with E-state index in [2.05, 4.69) is 14.6 Å². The summed E-state index contributed by atoms with van der Waals surface area (Å²) in [6, 6.07) is 4.06. The van der Waals surface area contributed by atoms with E-state index in [1.807, 2.05) is 5.32 Å². The number of benzene rings is 1. The lowest BCUT2D eigenvalue weighted by Gasteiger charge is -2.11. The van der Waals surface area contributed by atoms with Crippen LogP contribution in [0.1, 0.15) is 16.2 Å². The van der Waals surface area contributed by atoms with E-state index >= 15 is 0 Å². The van der Waals surface area contributed by atoms with Gasteiger partial charge in [0.05, 0.1) is 4.90 Å². The van der Waals surface area contributed by atoms with Crippen molar-refractivity contribution in [2.75, 3.05) is 19.4 Å². The predicted molar refractivity (Wildman–Crippen MR) is 74.6 cm³/mol. The van der Waals surface area contributed by atoms with Crippen molar-refractivity contribution in [1.29, 1.82) is 0 Å². The van der Waals surface area contributed by atoms with Gasteiger partial charge < -0.3 is 4.42 Å². The van der Waals surface area contributed by atoms with Gasteiger partial charge in [-0.3, -0.25) is 10.1 Å². The maximum Gasteiger partial charge on any atom is 0.470 e. The van der Waals surface area contributed by atoms with Gasteiger partial charge in [0.1, 0.15) is 0 Å². The number of amides is 1. The van der Waals surface area contributed by atoms with E-state index in [1.54, 1.807) is 0 Å². The fourth-order valence-corrected chi connectivity index (χ4v) is 2.45. The predicted octanol–water partition coefficient (Wildman–Crippen LogP) is 1.59. The summed E-state index contributed by atoms with van der Waals surface area (Å²) >= 11 is 0. The number of hydrogen-bond donors (Lipinski definition) is 1. The lowest BCUT2D eigenvalue weighted by atomic mass is 10.2. The normalized spacial score (nSPS) is 12.4. The minimum atomic E-state index is -4.82. The highest BCUT2D eigenvalue weighted by Crippen LogP contribution is 2.28. The Labute approximate surface area is 134 Å². The summed E-state index contributed by atoms with van der Waals surface area (Å²) in [6.45, 7) is 0. The first-order valence-corrected chi connectivity index (χ1v) is 7.70. The summed E-state index contributed by atoms with van der Waals surface area (Å²) in [5.74, 6) is -2.42. The molecule has 1 heterocycles. The summed E-state index contributed by atoms with van der Waals surface area (Å²) in [7, 11) is -0.954. The van der Waals surface area contributed by atoms with Crippen LogP contribution in [0.3, 0.4) is 0 Å². The molecule has 0 bridgehead atoms. The van der Waals surface area contributed by atoms with E-state index < -0.39 is 34.0 Å². The van der Waals surface area contributed by atoms with Gasteiger partial charge in [-0.2, -0.15) is 13.2 Å². The zero-order chi connectivity index (χ0) is 18.1. The second-order valence-corrected chi connectivity index (χ2v) is 6.83. The third-order valence-electron chi connectivity index (χ3n) is 2.78. The van der Waals surface area contributed by atoms with Gasteiger partial charge >= 0.3 is 18.1 Å². The molecule has 0 aliphatic heterocycles. The second-order valence-electron chi connectivity index (χ2n) is 4.68. The molecule has 24 heavy (non-hydrogen) atoms. The van der Waals surface area contributed by atoms with Crippen LogP contribution in [-0.4, -0.2) is 42.9 Å². The number of hydrogen-bond acceptors (Lipinski definition) is 6. The van der Waals surface area contributed by atoms with Crippen LogP contribution in [0.15, 0.2) is 33.6 Å². The van der Waals surface area contributed by atoms with Crippen LogP contribution in [0.2, 0.25) is 0 Å². The smallest absolute Gasteiger partial charge is 0.399 e. The number of aromatic nitrogens is 2. The topological polar surface area (TPSA) is 105 Å². The van der Waals surface area contributed by atoms with Crippen molar-refractivity contribution in [1.82, 2.24) is 14.5 Å². The average Bonchev–Trinajstić information content (AvgIpc) is 2.96. The molecule has 0 saturated heterocycles. The molecule has 0 aliphatic rings. The Morgan fingerprint density at radius 3 is 2.21 bits per heavy atom. The van der Waals surface area contributed by atoms with Gasteiger partial charge in [0.25, 0.3) is 5.91 Å². The number of nitrogens with zero attached hydrogens (tertiary/aromatic N) is 3. The van der Waals surface area contributed by atoms with Crippen molar-refractivity contribution in [2.24, 2.45) is 0 Å². The second kappa shape index (κ2) is 6.20. The van der Waals surface area contributed by atoms with E-state index in [0.29, 0.717) is 0 Å². The van der Waals surface area contributed by atoms with Gasteiger partial charge in [0, 0.05) is 19.7 Å². The van der Waals surface area contributed by atoms with E-state index in [-0.39, 0.29) is 10.5 Å². The Morgan fingerprint density at radius 2 is 1.75 bits per heavy atom. The van der Waals surface area contributed by atoms with Crippen molar-refractivity contribution in [3.63, 3.8) is 0 Å². The molecule has 0 aliphatic carbocycles. The molecule has 0 radical (unpaired) electrons. The number of carbonyl (C=O) groups is 1. The Hall–Kier alpha value is -2.47. The van der Waals surface area contributed by atoms with E-state index in [9.17, 15) is 26.4 Å². The monoisotopic (exact) mass is 364 g/mol. The van der Waals surface area contributed by atoms with Gasteiger partial charge in [-0.25, -0.2) is 12.7 Å². The SMILES string of the molecule is CN(C)S(=O)(=O)c1ccc(C(=O)Nc2nnc(C(F)(F)F)o2)cc1. The van der Waals surface area contributed by atoms with Crippen LogP contribution in [0.4, 0.5) is 19.2 Å². The zero-order valence-corrected chi connectivity index (χ0v) is 13.1. The molecule has 2 rings (SSSR count). The molecule has 0 saturated carbocycles. The van der Waals surface area contributed by atoms with Gasteiger partial charge in [0.2, 0.25) is 10.0 Å². The fraction of sp³-hybridized carbons (Fsp3) is 0.250. The molecule has 130 valence electrons. The highest BCUT2D eigenvalue weighted by molar-refractivity contribution is 7.89. The zero-order valence-electron chi connectivity index (χ0n) is 12.3.